The highest BCUT2D eigenvalue weighted by Crippen LogP contribution is 2.43. The van der Waals surface area contributed by atoms with Crippen LogP contribution in [0.1, 0.15) is 50.3 Å². The second-order valence-corrected chi connectivity index (χ2v) is 11.4. The largest absolute Gasteiger partial charge is 0.494 e. The normalized spacial score (nSPS) is 12.2. The zero-order valence-electron chi connectivity index (χ0n) is 24.1. The fraction of sp³-hybridized carbons (Fsp3) is 0.290. The molecule has 0 saturated heterocycles. The van der Waals surface area contributed by atoms with Crippen LogP contribution in [0, 0.1) is 6.92 Å². The number of benzene rings is 3. The molecule has 0 saturated carbocycles. The Kier molecular flexibility index (Phi) is 9.73. The summed E-state index contributed by atoms with van der Waals surface area (Å²) >= 11 is 7.01. The molecule has 0 bridgehead atoms. The molecule has 0 fully saturated rings. The van der Waals surface area contributed by atoms with E-state index in [9.17, 15) is 14.7 Å². The molecular formula is C31H31Br2N3O6. The number of aliphatic carboxylic acids is 1. The summed E-state index contributed by atoms with van der Waals surface area (Å²) in [4.78, 5) is 30.1. The molecule has 0 spiro atoms. The number of fused-ring (bicyclic) bond motifs is 1. The van der Waals surface area contributed by atoms with Crippen LogP contribution in [0.4, 0.5) is 0 Å². The number of rotatable bonds is 10. The van der Waals surface area contributed by atoms with Crippen molar-refractivity contribution in [3.8, 4) is 28.6 Å². The lowest BCUT2D eigenvalue weighted by atomic mass is 9.96. The quantitative estimate of drug-likeness (QED) is 0.175. The van der Waals surface area contributed by atoms with Crippen LogP contribution in [0.2, 0.25) is 0 Å². The summed E-state index contributed by atoms with van der Waals surface area (Å²) in [6.45, 7) is 10.0. The summed E-state index contributed by atoms with van der Waals surface area (Å²) in [5.41, 5.74) is 3.41. The molecule has 1 aromatic heterocycles. The van der Waals surface area contributed by atoms with Gasteiger partial charge in [-0.05, 0) is 100 Å². The second kappa shape index (κ2) is 13.1. The first-order valence-electron chi connectivity index (χ1n) is 13.3. The Morgan fingerprint density at radius 3 is 2.48 bits per heavy atom. The summed E-state index contributed by atoms with van der Waals surface area (Å²) in [7, 11) is 1.45. The van der Waals surface area contributed by atoms with Crippen molar-refractivity contribution in [2.24, 2.45) is 5.10 Å². The molecule has 1 heterocycles. The second-order valence-electron chi connectivity index (χ2n) is 9.83. The predicted octanol–water partition coefficient (Wildman–Crippen LogP) is 7.16. The van der Waals surface area contributed by atoms with E-state index >= 15 is 0 Å². The van der Waals surface area contributed by atoms with Gasteiger partial charge in [-0.25, -0.2) is 9.78 Å². The van der Waals surface area contributed by atoms with E-state index in [1.54, 1.807) is 24.3 Å². The third-order valence-corrected chi connectivity index (χ3v) is 8.75. The fourth-order valence-corrected chi connectivity index (χ4v) is 5.30. The number of carboxylic acid groups (broad SMARTS) is 1. The lowest BCUT2D eigenvalue weighted by Gasteiger charge is -2.18. The molecule has 4 rings (SSSR count). The number of hydrogen-bond acceptors (Lipinski definition) is 7. The molecule has 0 aliphatic carbocycles. The molecule has 1 N–H and O–H groups in total. The lowest BCUT2D eigenvalue weighted by molar-refractivity contribution is -0.144. The predicted molar refractivity (Wildman–Crippen MR) is 171 cm³/mol. The number of hydrogen-bond donors (Lipinski definition) is 1. The van der Waals surface area contributed by atoms with Crippen LogP contribution in [0.5, 0.6) is 17.2 Å². The van der Waals surface area contributed by atoms with Gasteiger partial charge in [0, 0.05) is 15.6 Å². The third kappa shape index (κ3) is 6.22. The van der Waals surface area contributed by atoms with Gasteiger partial charge in [0.25, 0.3) is 5.56 Å². The highest BCUT2D eigenvalue weighted by atomic mass is 79.9. The minimum Gasteiger partial charge on any atom is -0.494 e. The van der Waals surface area contributed by atoms with Crippen molar-refractivity contribution in [2.45, 2.75) is 46.6 Å². The van der Waals surface area contributed by atoms with Crippen LogP contribution >= 0.6 is 31.9 Å². The molecule has 3 aromatic carbocycles. The van der Waals surface area contributed by atoms with E-state index < -0.39 is 12.1 Å². The standard InChI is InChI=1S/C31H31Br2N3O6/c1-7-41-24-12-17(4)22(14-21(24)16(2)3)29-35-23-11-9-8-10-20(23)30(37)36(29)34-15-19-13-25(40-6)28(27(33)26(19)32)42-18(5)31(38)39/h8-16,18H,7H2,1-6H3,(H,38,39)/t18-/m0/s1. The Balaban J connectivity index is 1.93. The van der Waals surface area contributed by atoms with Crippen LogP contribution in [-0.4, -0.2) is 46.8 Å². The van der Waals surface area contributed by atoms with Gasteiger partial charge in [-0.1, -0.05) is 26.0 Å². The number of aryl methyl sites for hydroxylation is 1. The SMILES string of the molecule is CCOc1cc(C)c(-c2nc3ccccc3c(=O)n2N=Cc2cc(OC)c(O[C@@H](C)C(=O)O)c(Br)c2Br)cc1C(C)C. The van der Waals surface area contributed by atoms with Gasteiger partial charge in [-0.3, -0.25) is 4.79 Å². The molecule has 1 atom stereocenters. The van der Waals surface area contributed by atoms with E-state index in [0.717, 1.165) is 22.4 Å². The van der Waals surface area contributed by atoms with Crippen molar-refractivity contribution in [2.75, 3.05) is 13.7 Å². The van der Waals surface area contributed by atoms with Gasteiger partial charge < -0.3 is 19.3 Å². The van der Waals surface area contributed by atoms with Gasteiger partial charge in [0.05, 0.1) is 35.3 Å². The Morgan fingerprint density at radius 1 is 1.12 bits per heavy atom. The number of carboxylic acids is 1. The number of nitrogens with zero attached hydrogens (tertiary/aromatic N) is 3. The average Bonchev–Trinajstić information content (AvgIpc) is 2.95. The Hall–Kier alpha value is -3.70. The van der Waals surface area contributed by atoms with Crippen molar-refractivity contribution in [3.05, 3.63) is 78.5 Å². The summed E-state index contributed by atoms with van der Waals surface area (Å²) in [6.07, 6.45) is 0.399. The van der Waals surface area contributed by atoms with Crippen molar-refractivity contribution in [3.63, 3.8) is 0 Å². The molecule has 9 nitrogen and oxygen atoms in total. The van der Waals surface area contributed by atoms with Gasteiger partial charge in [-0.15, -0.1) is 0 Å². The molecule has 0 unspecified atom stereocenters. The van der Waals surface area contributed by atoms with Gasteiger partial charge in [0.15, 0.2) is 23.4 Å². The number of halogens is 2. The molecule has 0 amide bonds. The summed E-state index contributed by atoms with van der Waals surface area (Å²) < 4.78 is 19.3. The molecule has 11 heteroatoms. The van der Waals surface area contributed by atoms with Crippen LogP contribution < -0.4 is 19.8 Å². The third-order valence-electron chi connectivity index (χ3n) is 6.60. The number of ether oxygens (including phenoxy) is 3. The van der Waals surface area contributed by atoms with Crippen molar-refractivity contribution >= 4 is 54.9 Å². The lowest BCUT2D eigenvalue weighted by Crippen LogP contribution is -2.23. The van der Waals surface area contributed by atoms with Crippen LogP contribution in [0.3, 0.4) is 0 Å². The molecule has 220 valence electrons. The zero-order chi connectivity index (χ0) is 30.7. The number of aromatic nitrogens is 2. The molecule has 4 aromatic rings. The van der Waals surface area contributed by atoms with E-state index in [1.807, 2.05) is 32.0 Å². The maximum absolute atomic E-state index is 13.8. The maximum Gasteiger partial charge on any atom is 0.344 e. The van der Waals surface area contributed by atoms with Gasteiger partial charge in [-0.2, -0.15) is 9.78 Å². The van der Waals surface area contributed by atoms with E-state index in [0.29, 0.717) is 37.8 Å². The highest BCUT2D eigenvalue weighted by molar-refractivity contribution is 9.13. The van der Waals surface area contributed by atoms with E-state index in [4.69, 9.17) is 19.2 Å². The van der Waals surface area contributed by atoms with Gasteiger partial charge in [0.2, 0.25) is 0 Å². The number of methoxy groups -OCH3 is 1. The van der Waals surface area contributed by atoms with Crippen molar-refractivity contribution in [1.82, 2.24) is 9.66 Å². The number of carbonyl (C=O) groups is 1. The van der Waals surface area contributed by atoms with Crippen molar-refractivity contribution in [1.29, 1.82) is 0 Å². The highest BCUT2D eigenvalue weighted by Gasteiger charge is 2.22. The molecular weight excluding hydrogens is 670 g/mol. The van der Waals surface area contributed by atoms with E-state index in [2.05, 4.69) is 50.8 Å². The van der Waals surface area contributed by atoms with Crippen molar-refractivity contribution < 1.29 is 24.1 Å². The fourth-order valence-electron chi connectivity index (χ4n) is 4.38. The monoisotopic (exact) mass is 699 g/mol. The van der Waals surface area contributed by atoms with E-state index in [1.165, 1.54) is 24.9 Å². The molecule has 42 heavy (non-hydrogen) atoms. The Morgan fingerprint density at radius 2 is 1.83 bits per heavy atom. The Labute approximate surface area is 260 Å². The minimum atomic E-state index is -1.12. The first-order chi connectivity index (χ1) is 20.0. The first kappa shape index (κ1) is 31.2. The summed E-state index contributed by atoms with van der Waals surface area (Å²) in [6, 6.07) is 12.8. The number of para-hydroxylation sites is 1. The summed E-state index contributed by atoms with van der Waals surface area (Å²) in [5.74, 6) is 0.731. The van der Waals surface area contributed by atoms with Gasteiger partial charge >= 0.3 is 5.97 Å². The van der Waals surface area contributed by atoms with E-state index in [-0.39, 0.29) is 23.0 Å². The summed E-state index contributed by atoms with van der Waals surface area (Å²) in [5, 5.41) is 14.3. The zero-order valence-corrected chi connectivity index (χ0v) is 27.2. The minimum absolute atomic E-state index is 0.167. The molecule has 0 radical (unpaired) electrons. The first-order valence-corrected chi connectivity index (χ1v) is 14.9. The maximum atomic E-state index is 13.8. The smallest absolute Gasteiger partial charge is 0.344 e. The van der Waals surface area contributed by atoms with Crippen LogP contribution in [0.25, 0.3) is 22.3 Å². The molecule has 0 aliphatic rings. The van der Waals surface area contributed by atoms with Gasteiger partial charge in [0.1, 0.15) is 5.75 Å². The average molecular weight is 701 g/mol. The van der Waals surface area contributed by atoms with Crippen LogP contribution in [-0.2, 0) is 4.79 Å². The molecule has 0 aliphatic heterocycles. The Bertz CT molecular complexity index is 1750. The topological polar surface area (TPSA) is 112 Å². The van der Waals surface area contributed by atoms with Crippen LogP contribution in [0.15, 0.2) is 61.3 Å².